The van der Waals surface area contributed by atoms with Gasteiger partial charge in [-0.3, -0.25) is 9.78 Å². The Hall–Kier alpha value is -1.40. The van der Waals surface area contributed by atoms with Gasteiger partial charge in [0.25, 0.3) is 0 Å². The van der Waals surface area contributed by atoms with E-state index in [0.29, 0.717) is 13.1 Å². The number of amides is 1. The number of aryl methyl sites for hydroxylation is 1. The molecular formula is C17H20N2O2S2. The van der Waals surface area contributed by atoms with Gasteiger partial charge in [0, 0.05) is 23.5 Å². The van der Waals surface area contributed by atoms with Crippen molar-refractivity contribution in [2.24, 2.45) is 0 Å². The molecule has 1 aliphatic heterocycles. The van der Waals surface area contributed by atoms with E-state index < -0.39 is 0 Å². The summed E-state index contributed by atoms with van der Waals surface area (Å²) in [4.78, 5) is 19.2. The third kappa shape index (κ3) is 4.54. The summed E-state index contributed by atoms with van der Waals surface area (Å²) >= 11 is 3.62. The molecule has 0 spiro atoms. The van der Waals surface area contributed by atoms with Gasteiger partial charge < -0.3 is 9.32 Å². The van der Waals surface area contributed by atoms with Crippen LogP contribution in [0.15, 0.2) is 40.9 Å². The number of carbonyl (C=O) groups excluding carboxylic acids is 1. The maximum atomic E-state index is 12.9. The molecule has 1 saturated heterocycles. The zero-order valence-electron chi connectivity index (χ0n) is 13.1. The van der Waals surface area contributed by atoms with Crippen LogP contribution < -0.4 is 0 Å². The number of thioether (sulfide) groups is 2. The Morgan fingerprint density at radius 2 is 2.22 bits per heavy atom. The summed E-state index contributed by atoms with van der Waals surface area (Å²) < 4.78 is 5.66. The van der Waals surface area contributed by atoms with Crippen LogP contribution in [-0.4, -0.2) is 38.3 Å². The lowest BCUT2D eigenvalue weighted by Crippen LogP contribution is -2.39. The van der Waals surface area contributed by atoms with E-state index >= 15 is 0 Å². The van der Waals surface area contributed by atoms with Crippen LogP contribution in [0.2, 0.25) is 0 Å². The minimum Gasteiger partial charge on any atom is -0.464 e. The summed E-state index contributed by atoms with van der Waals surface area (Å²) in [6.07, 6.45) is 1.76. The van der Waals surface area contributed by atoms with Crippen molar-refractivity contribution in [1.29, 1.82) is 0 Å². The highest BCUT2D eigenvalue weighted by Gasteiger charge is 2.28. The van der Waals surface area contributed by atoms with Crippen molar-refractivity contribution in [2.45, 2.75) is 25.3 Å². The smallest absolute Gasteiger partial charge is 0.237 e. The molecule has 1 aliphatic rings. The molecule has 3 heterocycles. The molecule has 23 heavy (non-hydrogen) atoms. The van der Waals surface area contributed by atoms with Crippen molar-refractivity contribution in [3.63, 3.8) is 0 Å². The molecule has 0 aliphatic carbocycles. The van der Waals surface area contributed by atoms with Crippen molar-refractivity contribution >= 4 is 29.4 Å². The largest absolute Gasteiger partial charge is 0.464 e. The predicted molar refractivity (Wildman–Crippen MR) is 95.5 cm³/mol. The summed E-state index contributed by atoms with van der Waals surface area (Å²) in [7, 11) is 0. The van der Waals surface area contributed by atoms with Crippen LogP contribution in [0.4, 0.5) is 0 Å². The molecule has 1 amide bonds. The molecule has 0 saturated carbocycles. The van der Waals surface area contributed by atoms with E-state index in [1.165, 1.54) is 0 Å². The Morgan fingerprint density at radius 1 is 1.30 bits per heavy atom. The van der Waals surface area contributed by atoms with Crippen LogP contribution in [-0.2, 0) is 17.9 Å². The molecule has 2 aromatic rings. The van der Waals surface area contributed by atoms with Crippen LogP contribution in [0.25, 0.3) is 0 Å². The Balaban J connectivity index is 1.75. The van der Waals surface area contributed by atoms with Gasteiger partial charge in [0.2, 0.25) is 5.91 Å². The van der Waals surface area contributed by atoms with Crippen LogP contribution in [0, 0.1) is 6.92 Å². The van der Waals surface area contributed by atoms with E-state index in [9.17, 15) is 4.79 Å². The number of hydrogen-bond acceptors (Lipinski definition) is 5. The van der Waals surface area contributed by atoms with Gasteiger partial charge in [0.15, 0.2) is 0 Å². The highest BCUT2D eigenvalue weighted by Crippen LogP contribution is 2.26. The predicted octanol–water partition coefficient (Wildman–Crippen LogP) is 3.36. The molecule has 0 aromatic carbocycles. The van der Waals surface area contributed by atoms with Gasteiger partial charge in [-0.05, 0) is 31.2 Å². The zero-order chi connectivity index (χ0) is 16.1. The van der Waals surface area contributed by atoms with E-state index in [2.05, 4.69) is 4.98 Å². The van der Waals surface area contributed by atoms with Crippen molar-refractivity contribution in [2.75, 3.05) is 17.3 Å². The summed E-state index contributed by atoms with van der Waals surface area (Å²) in [5, 5.41) is 0.0357. The monoisotopic (exact) mass is 348 g/mol. The fourth-order valence-electron chi connectivity index (χ4n) is 2.49. The van der Waals surface area contributed by atoms with Gasteiger partial charge in [-0.2, -0.15) is 11.8 Å². The molecule has 6 heteroatoms. The number of nitrogens with zero attached hydrogens (tertiary/aromatic N) is 2. The van der Waals surface area contributed by atoms with E-state index in [0.717, 1.165) is 34.5 Å². The molecule has 122 valence electrons. The lowest BCUT2D eigenvalue weighted by Gasteiger charge is -2.28. The van der Waals surface area contributed by atoms with Gasteiger partial charge in [0.05, 0.1) is 24.0 Å². The van der Waals surface area contributed by atoms with Crippen molar-refractivity contribution in [3.05, 3.63) is 53.7 Å². The molecule has 0 N–H and O–H groups in total. The summed E-state index contributed by atoms with van der Waals surface area (Å²) in [5.74, 6) is 4.93. The minimum absolute atomic E-state index is 0.0357. The van der Waals surface area contributed by atoms with Gasteiger partial charge in [0.1, 0.15) is 11.5 Å². The van der Waals surface area contributed by atoms with E-state index in [1.54, 1.807) is 18.0 Å². The fraction of sp³-hybridized carbons (Fsp3) is 0.412. The van der Waals surface area contributed by atoms with Gasteiger partial charge in [-0.25, -0.2) is 0 Å². The Labute approximate surface area is 145 Å². The maximum absolute atomic E-state index is 12.9. The normalized spacial score (nSPS) is 17.9. The quantitative estimate of drug-likeness (QED) is 0.829. The van der Waals surface area contributed by atoms with Crippen LogP contribution >= 0.6 is 23.5 Å². The first-order valence-electron chi connectivity index (χ1n) is 7.66. The molecule has 1 atom stereocenters. The summed E-state index contributed by atoms with van der Waals surface area (Å²) in [6.45, 7) is 2.92. The molecule has 4 nitrogen and oxygen atoms in total. The molecule has 0 radical (unpaired) electrons. The standard InChI is InChI=1S/C17H20N2O2S2/c1-13-5-6-15(21-13)11-19(10-14-4-2-3-7-18-14)17(20)16-12-22-8-9-23-16/h2-7,16H,8-12H2,1H3. The summed E-state index contributed by atoms with van der Waals surface area (Å²) in [6, 6.07) is 9.67. The average molecular weight is 348 g/mol. The fourth-order valence-corrected chi connectivity index (χ4v) is 5.12. The van der Waals surface area contributed by atoms with Gasteiger partial charge in [-0.1, -0.05) is 6.07 Å². The Kier molecular flexibility index (Phi) is 5.67. The molecule has 1 unspecified atom stereocenters. The molecular weight excluding hydrogens is 328 g/mol. The minimum atomic E-state index is 0.0357. The summed E-state index contributed by atoms with van der Waals surface area (Å²) in [5.41, 5.74) is 0.901. The molecule has 1 fully saturated rings. The highest BCUT2D eigenvalue weighted by molar-refractivity contribution is 8.07. The molecule has 0 bridgehead atoms. The average Bonchev–Trinajstić information content (AvgIpc) is 3.00. The third-order valence-corrected chi connectivity index (χ3v) is 6.37. The topological polar surface area (TPSA) is 46.3 Å². The van der Waals surface area contributed by atoms with Crippen molar-refractivity contribution in [3.8, 4) is 0 Å². The number of hydrogen-bond donors (Lipinski definition) is 0. The van der Waals surface area contributed by atoms with Crippen LogP contribution in [0.5, 0.6) is 0 Å². The van der Waals surface area contributed by atoms with Crippen molar-refractivity contribution < 1.29 is 9.21 Å². The van der Waals surface area contributed by atoms with Gasteiger partial charge in [-0.15, -0.1) is 11.8 Å². The zero-order valence-corrected chi connectivity index (χ0v) is 14.7. The second-order valence-corrected chi connectivity index (χ2v) is 7.92. The first-order valence-corrected chi connectivity index (χ1v) is 9.86. The van der Waals surface area contributed by atoms with E-state index in [-0.39, 0.29) is 11.2 Å². The second-order valence-electron chi connectivity index (χ2n) is 5.46. The lowest BCUT2D eigenvalue weighted by molar-refractivity contribution is -0.131. The molecule has 3 rings (SSSR count). The lowest BCUT2D eigenvalue weighted by atomic mass is 10.2. The first-order chi connectivity index (χ1) is 11.2. The first kappa shape index (κ1) is 16.5. The number of rotatable bonds is 5. The van der Waals surface area contributed by atoms with E-state index in [4.69, 9.17) is 4.42 Å². The van der Waals surface area contributed by atoms with Gasteiger partial charge >= 0.3 is 0 Å². The molecule has 2 aromatic heterocycles. The number of furan rings is 1. The third-order valence-electron chi connectivity index (χ3n) is 3.62. The number of pyridine rings is 1. The second kappa shape index (κ2) is 7.93. The van der Waals surface area contributed by atoms with Crippen LogP contribution in [0.3, 0.4) is 0 Å². The van der Waals surface area contributed by atoms with Crippen molar-refractivity contribution in [1.82, 2.24) is 9.88 Å². The maximum Gasteiger partial charge on any atom is 0.237 e. The Bertz CT molecular complexity index is 639. The number of carbonyl (C=O) groups is 1. The Morgan fingerprint density at radius 3 is 2.87 bits per heavy atom. The SMILES string of the molecule is Cc1ccc(CN(Cc2ccccn2)C(=O)C2CSCCS2)o1. The van der Waals surface area contributed by atoms with Crippen LogP contribution in [0.1, 0.15) is 17.2 Å². The number of aromatic nitrogens is 1. The van der Waals surface area contributed by atoms with E-state index in [1.807, 2.05) is 53.9 Å². The highest BCUT2D eigenvalue weighted by atomic mass is 32.2.